The van der Waals surface area contributed by atoms with Crippen LogP contribution in [0.2, 0.25) is 0 Å². The molecule has 0 heterocycles. The number of hydrogen-bond acceptors (Lipinski definition) is 2. The highest BCUT2D eigenvalue weighted by atomic mass is 16.2. The molecular formula is C24H37NO2. The number of allylic oxidation sites excluding steroid dienone is 1. The first-order valence-corrected chi connectivity index (χ1v) is 11.1. The fraction of sp³-hybridized carbons (Fsp3) is 0.833. The zero-order valence-electron chi connectivity index (χ0n) is 17.9. The fourth-order valence-electron chi connectivity index (χ4n) is 7.45. The number of rotatable bonds is 1. The fourth-order valence-corrected chi connectivity index (χ4v) is 7.45. The lowest BCUT2D eigenvalue weighted by Crippen LogP contribution is -2.53. The Labute approximate surface area is 164 Å². The molecule has 0 unspecified atom stereocenters. The maximum atomic E-state index is 13.1. The van der Waals surface area contributed by atoms with Crippen molar-refractivity contribution in [1.29, 1.82) is 0 Å². The van der Waals surface area contributed by atoms with E-state index in [4.69, 9.17) is 0 Å². The number of ketones is 1. The van der Waals surface area contributed by atoms with Crippen LogP contribution in [-0.2, 0) is 9.59 Å². The van der Waals surface area contributed by atoms with Gasteiger partial charge in [-0.05, 0) is 100 Å². The molecular weight excluding hydrogens is 336 g/mol. The van der Waals surface area contributed by atoms with Crippen LogP contribution < -0.4 is 5.32 Å². The van der Waals surface area contributed by atoms with Crippen LogP contribution in [-0.4, -0.2) is 17.2 Å². The summed E-state index contributed by atoms with van der Waals surface area (Å²) in [7, 11) is 0. The first kappa shape index (κ1) is 19.2. The van der Waals surface area contributed by atoms with Crippen LogP contribution in [0.25, 0.3) is 0 Å². The van der Waals surface area contributed by atoms with E-state index in [2.05, 4.69) is 39.9 Å². The first-order chi connectivity index (χ1) is 12.5. The Kier molecular flexibility index (Phi) is 4.40. The van der Waals surface area contributed by atoms with Gasteiger partial charge in [0.05, 0.1) is 0 Å². The Bertz CT molecular complexity index is 687. The van der Waals surface area contributed by atoms with Crippen LogP contribution in [0, 0.1) is 34.5 Å². The van der Waals surface area contributed by atoms with Crippen LogP contribution in [0.4, 0.5) is 0 Å². The topological polar surface area (TPSA) is 46.2 Å². The van der Waals surface area contributed by atoms with Gasteiger partial charge in [-0.25, -0.2) is 0 Å². The van der Waals surface area contributed by atoms with Gasteiger partial charge in [-0.3, -0.25) is 9.59 Å². The Morgan fingerprint density at radius 3 is 2.48 bits per heavy atom. The van der Waals surface area contributed by atoms with E-state index in [1.165, 1.54) is 24.8 Å². The Morgan fingerprint density at radius 2 is 1.78 bits per heavy atom. The highest BCUT2D eigenvalue weighted by molar-refractivity contribution is 5.91. The molecule has 0 aromatic heterocycles. The third-order valence-electron chi connectivity index (χ3n) is 8.78. The van der Waals surface area contributed by atoms with Gasteiger partial charge in [0, 0.05) is 17.9 Å². The second-order valence-corrected chi connectivity index (χ2v) is 11.4. The third kappa shape index (κ3) is 3.00. The largest absolute Gasteiger partial charge is 0.351 e. The minimum atomic E-state index is -0.157. The quantitative estimate of drug-likeness (QED) is 0.699. The molecule has 0 spiro atoms. The van der Waals surface area contributed by atoms with Gasteiger partial charge in [0.25, 0.3) is 0 Å². The number of carbonyl (C=O) groups excluding carboxylic acids is 2. The number of carbonyl (C=O) groups is 2. The molecule has 3 saturated carbocycles. The molecule has 1 N–H and O–H groups in total. The van der Waals surface area contributed by atoms with Crippen molar-refractivity contribution >= 4 is 11.7 Å². The summed E-state index contributed by atoms with van der Waals surface area (Å²) in [6.07, 6.45) is 10.7. The van der Waals surface area contributed by atoms with Gasteiger partial charge in [0.1, 0.15) is 0 Å². The summed E-state index contributed by atoms with van der Waals surface area (Å²) in [5, 5.41) is 3.26. The van der Waals surface area contributed by atoms with Crippen molar-refractivity contribution in [2.45, 2.75) is 91.5 Å². The molecule has 0 aromatic rings. The minimum Gasteiger partial charge on any atom is -0.351 e. The van der Waals surface area contributed by atoms with Gasteiger partial charge in [-0.1, -0.05) is 19.4 Å². The molecule has 0 aliphatic heterocycles. The van der Waals surface area contributed by atoms with Crippen molar-refractivity contribution in [3.63, 3.8) is 0 Å². The van der Waals surface area contributed by atoms with Crippen molar-refractivity contribution in [3.05, 3.63) is 11.6 Å². The molecule has 0 aromatic carbocycles. The molecule has 3 nitrogen and oxygen atoms in total. The molecule has 0 saturated heterocycles. The summed E-state index contributed by atoms with van der Waals surface area (Å²) < 4.78 is 0. The summed E-state index contributed by atoms with van der Waals surface area (Å²) in [6, 6.07) is 0. The average Bonchev–Trinajstić information content (AvgIpc) is 2.91. The van der Waals surface area contributed by atoms with Gasteiger partial charge < -0.3 is 5.32 Å². The normalized spacial score (nSPS) is 44.0. The van der Waals surface area contributed by atoms with E-state index in [9.17, 15) is 9.59 Å². The SMILES string of the molecule is CC(C)(C)NC(=O)[C@H]1CC[C@H]2[C@@H]3CCC4=[14CH]C(=O)CC[C@]4(C)[C@H]3CC[C@]12C. The minimum absolute atomic E-state index is 0.151. The van der Waals surface area contributed by atoms with E-state index in [1.807, 2.05) is 6.08 Å². The first-order valence-electron chi connectivity index (χ1n) is 11.1. The molecule has 4 aliphatic carbocycles. The predicted octanol–water partition coefficient (Wildman–Crippen LogP) is 5.05. The lowest BCUT2D eigenvalue weighted by molar-refractivity contribution is -0.134. The second-order valence-electron chi connectivity index (χ2n) is 11.4. The number of amides is 1. The lowest BCUT2D eigenvalue weighted by Gasteiger charge is -2.58. The monoisotopic (exact) mass is 373 g/mol. The van der Waals surface area contributed by atoms with E-state index < -0.39 is 0 Å². The maximum Gasteiger partial charge on any atom is 0.224 e. The maximum absolute atomic E-state index is 13.1. The third-order valence-corrected chi connectivity index (χ3v) is 8.78. The highest BCUT2D eigenvalue weighted by Gasteiger charge is 2.60. The van der Waals surface area contributed by atoms with Crippen LogP contribution >= 0.6 is 0 Å². The standard InChI is InChI=1S/C24H37NO2/c1-22(2,3)25-21(27)20-9-8-18-17-7-6-15-14-16(26)10-12-23(15,4)19(17)11-13-24(18,20)5/h14,17-20H,6-13H2,1-5H3,(H,25,27)/t17-,18-,19-,20+,23-,24-/m0/s1/i14+2. The summed E-state index contributed by atoms with van der Waals surface area (Å²) >= 11 is 0. The van der Waals surface area contributed by atoms with Crippen molar-refractivity contribution in [2.75, 3.05) is 0 Å². The smallest absolute Gasteiger partial charge is 0.224 e. The Hall–Kier alpha value is -1.12. The Morgan fingerprint density at radius 1 is 1.04 bits per heavy atom. The molecule has 4 aliphatic rings. The summed E-state index contributed by atoms with van der Waals surface area (Å²) in [4.78, 5) is 25.0. The van der Waals surface area contributed by atoms with Gasteiger partial charge in [0.2, 0.25) is 5.91 Å². The van der Waals surface area contributed by atoms with E-state index in [0.717, 1.165) is 38.0 Å². The van der Waals surface area contributed by atoms with E-state index in [1.54, 1.807) is 0 Å². The molecule has 4 rings (SSSR count). The molecule has 0 bridgehead atoms. The van der Waals surface area contributed by atoms with E-state index >= 15 is 0 Å². The van der Waals surface area contributed by atoms with Crippen LogP contribution in [0.5, 0.6) is 0 Å². The van der Waals surface area contributed by atoms with E-state index in [-0.39, 0.29) is 28.2 Å². The van der Waals surface area contributed by atoms with Gasteiger partial charge in [0.15, 0.2) is 5.78 Å². The van der Waals surface area contributed by atoms with Crippen LogP contribution in [0.15, 0.2) is 11.6 Å². The lowest BCUT2D eigenvalue weighted by atomic mass is 9.48. The molecule has 6 atom stereocenters. The number of hydrogen-bond donors (Lipinski definition) is 1. The molecule has 1 amide bonds. The highest BCUT2D eigenvalue weighted by Crippen LogP contribution is 2.66. The van der Waals surface area contributed by atoms with Gasteiger partial charge in [-0.15, -0.1) is 0 Å². The molecule has 150 valence electrons. The van der Waals surface area contributed by atoms with Crippen molar-refractivity contribution in [1.82, 2.24) is 5.32 Å². The molecule has 0 radical (unpaired) electrons. The summed E-state index contributed by atoms with van der Waals surface area (Å²) in [5.41, 5.74) is 1.65. The van der Waals surface area contributed by atoms with Crippen LogP contribution in [0.1, 0.15) is 86.0 Å². The van der Waals surface area contributed by atoms with Crippen molar-refractivity contribution in [3.8, 4) is 0 Å². The number of nitrogens with one attached hydrogen (secondary N) is 1. The molecule has 27 heavy (non-hydrogen) atoms. The summed E-state index contributed by atoms with van der Waals surface area (Å²) in [6.45, 7) is 11.1. The van der Waals surface area contributed by atoms with E-state index in [0.29, 0.717) is 17.6 Å². The zero-order chi connectivity index (χ0) is 19.6. The summed E-state index contributed by atoms with van der Waals surface area (Å²) in [5.74, 6) is 2.88. The van der Waals surface area contributed by atoms with Crippen molar-refractivity contribution < 1.29 is 9.59 Å². The average molecular weight is 374 g/mol. The second kappa shape index (κ2) is 6.19. The van der Waals surface area contributed by atoms with Gasteiger partial charge in [-0.2, -0.15) is 0 Å². The van der Waals surface area contributed by atoms with Crippen molar-refractivity contribution in [2.24, 2.45) is 34.5 Å². The molecule has 3 fully saturated rings. The Balaban J connectivity index is 1.58. The number of fused-ring (bicyclic) bond motifs is 5. The molecule has 3 heteroatoms. The predicted molar refractivity (Wildman–Crippen MR) is 108 cm³/mol. The zero-order valence-corrected chi connectivity index (χ0v) is 17.9. The van der Waals surface area contributed by atoms with Gasteiger partial charge >= 0.3 is 0 Å². The van der Waals surface area contributed by atoms with Crippen LogP contribution in [0.3, 0.4) is 0 Å².